The van der Waals surface area contributed by atoms with Gasteiger partial charge in [-0.25, -0.2) is 4.79 Å². The standard InChI is InChI=1S/C16H24O8/c1-3-14(17)22-11-24-16(19)13-8-6-5-7-12(13)15(18)23-10-21-9-20-4-2/h3,12-13H,1,4-11H2,2H3. The third-order valence-corrected chi connectivity index (χ3v) is 3.60. The molecule has 0 heterocycles. The Hall–Kier alpha value is -1.93. The molecule has 24 heavy (non-hydrogen) atoms. The van der Waals surface area contributed by atoms with Gasteiger partial charge in [0, 0.05) is 12.7 Å². The lowest BCUT2D eigenvalue weighted by Crippen LogP contribution is -2.35. The van der Waals surface area contributed by atoms with Crippen molar-refractivity contribution in [1.29, 1.82) is 0 Å². The first-order chi connectivity index (χ1) is 11.6. The van der Waals surface area contributed by atoms with Gasteiger partial charge in [0.1, 0.15) is 0 Å². The molecule has 8 nitrogen and oxygen atoms in total. The van der Waals surface area contributed by atoms with Gasteiger partial charge in [0.05, 0.1) is 11.8 Å². The van der Waals surface area contributed by atoms with E-state index in [2.05, 4.69) is 11.3 Å². The first-order valence-electron chi connectivity index (χ1n) is 7.88. The van der Waals surface area contributed by atoms with Crippen LogP contribution >= 0.6 is 0 Å². The maximum absolute atomic E-state index is 12.1. The molecule has 0 amide bonds. The summed E-state index contributed by atoms with van der Waals surface area (Å²) in [6.07, 6.45) is 3.67. The van der Waals surface area contributed by atoms with Crippen LogP contribution in [0.1, 0.15) is 32.6 Å². The second-order valence-electron chi connectivity index (χ2n) is 5.14. The van der Waals surface area contributed by atoms with Crippen LogP contribution < -0.4 is 0 Å². The van der Waals surface area contributed by atoms with E-state index in [9.17, 15) is 14.4 Å². The summed E-state index contributed by atoms with van der Waals surface area (Å²) in [6, 6.07) is 0. The van der Waals surface area contributed by atoms with Gasteiger partial charge in [-0.05, 0) is 19.8 Å². The first kappa shape index (κ1) is 20.1. The van der Waals surface area contributed by atoms with Gasteiger partial charge >= 0.3 is 17.9 Å². The highest BCUT2D eigenvalue weighted by molar-refractivity contribution is 5.83. The molecule has 2 atom stereocenters. The Morgan fingerprint density at radius 2 is 1.50 bits per heavy atom. The van der Waals surface area contributed by atoms with Crippen LogP contribution in [0.2, 0.25) is 0 Å². The summed E-state index contributed by atoms with van der Waals surface area (Å²) >= 11 is 0. The summed E-state index contributed by atoms with van der Waals surface area (Å²) < 4.78 is 24.5. The zero-order valence-corrected chi connectivity index (χ0v) is 13.9. The summed E-state index contributed by atoms with van der Waals surface area (Å²) in [7, 11) is 0. The SMILES string of the molecule is C=CC(=O)OCOC(=O)C1CCCCC1C(=O)OCOCOCC. The van der Waals surface area contributed by atoms with Crippen molar-refractivity contribution in [3.63, 3.8) is 0 Å². The lowest BCUT2D eigenvalue weighted by atomic mass is 9.79. The molecule has 0 aromatic carbocycles. The molecule has 1 rings (SSSR count). The third-order valence-electron chi connectivity index (χ3n) is 3.60. The number of carbonyl (C=O) groups is 3. The number of hydrogen-bond acceptors (Lipinski definition) is 8. The Labute approximate surface area is 141 Å². The fourth-order valence-corrected chi connectivity index (χ4v) is 2.39. The predicted molar refractivity (Wildman–Crippen MR) is 81.2 cm³/mol. The fraction of sp³-hybridized carbons (Fsp3) is 0.688. The number of hydrogen-bond donors (Lipinski definition) is 0. The Kier molecular flexibility index (Phi) is 9.71. The highest BCUT2D eigenvalue weighted by atomic mass is 16.7. The lowest BCUT2D eigenvalue weighted by molar-refractivity contribution is -0.182. The van der Waals surface area contributed by atoms with Crippen molar-refractivity contribution in [2.24, 2.45) is 11.8 Å². The quantitative estimate of drug-likeness (QED) is 0.255. The first-order valence-corrected chi connectivity index (χ1v) is 7.88. The minimum atomic E-state index is -0.686. The lowest BCUT2D eigenvalue weighted by Gasteiger charge is -2.28. The van der Waals surface area contributed by atoms with Gasteiger partial charge in [-0.1, -0.05) is 19.4 Å². The molecule has 1 aliphatic rings. The Morgan fingerprint density at radius 3 is 2.04 bits per heavy atom. The van der Waals surface area contributed by atoms with Gasteiger partial charge in [-0.3, -0.25) is 9.59 Å². The van der Waals surface area contributed by atoms with E-state index in [-0.39, 0.29) is 13.6 Å². The Morgan fingerprint density at radius 1 is 0.917 bits per heavy atom. The molecular formula is C16H24O8. The van der Waals surface area contributed by atoms with Gasteiger partial charge in [-0.15, -0.1) is 0 Å². The third kappa shape index (κ3) is 7.10. The molecule has 2 unspecified atom stereocenters. The average Bonchev–Trinajstić information content (AvgIpc) is 2.61. The molecule has 0 N–H and O–H groups in total. The maximum Gasteiger partial charge on any atom is 0.333 e. The zero-order valence-electron chi connectivity index (χ0n) is 13.9. The molecule has 0 bridgehead atoms. The molecule has 0 aromatic heterocycles. The van der Waals surface area contributed by atoms with Crippen molar-refractivity contribution >= 4 is 17.9 Å². The van der Waals surface area contributed by atoms with Crippen LogP contribution in [-0.4, -0.2) is 44.9 Å². The van der Waals surface area contributed by atoms with Crippen LogP contribution in [0.5, 0.6) is 0 Å². The molecule has 0 aliphatic heterocycles. The molecule has 0 spiro atoms. The molecule has 136 valence electrons. The number of ether oxygens (including phenoxy) is 5. The molecular weight excluding hydrogens is 320 g/mol. The highest BCUT2D eigenvalue weighted by Crippen LogP contribution is 2.32. The smallest absolute Gasteiger partial charge is 0.333 e. The Bertz CT molecular complexity index is 434. The van der Waals surface area contributed by atoms with Crippen LogP contribution in [0, 0.1) is 11.8 Å². The summed E-state index contributed by atoms with van der Waals surface area (Å²) in [5, 5.41) is 0. The van der Waals surface area contributed by atoms with Crippen molar-refractivity contribution in [1.82, 2.24) is 0 Å². The molecule has 8 heteroatoms. The summed E-state index contributed by atoms with van der Waals surface area (Å²) in [6.45, 7) is 4.86. The van der Waals surface area contributed by atoms with E-state index >= 15 is 0 Å². The molecule has 1 saturated carbocycles. The van der Waals surface area contributed by atoms with E-state index in [4.69, 9.17) is 18.9 Å². The molecule has 0 aromatic rings. The van der Waals surface area contributed by atoms with Gasteiger partial charge in [0.25, 0.3) is 0 Å². The molecule has 1 fully saturated rings. The van der Waals surface area contributed by atoms with E-state index in [0.29, 0.717) is 19.4 Å². The van der Waals surface area contributed by atoms with Crippen molar-refractivity contribution in [2.45, 2.75) is 32.6 Å². The van der Waals surface area contributed by atoms with Crippen LogP contribution in [0.15, 0.2) is 12.7 Å². The Balaban J connectivity index is 2.42. The highest BCUT2D eigenvalue weighted by Gasteiger charge is 2.38. The van der Waals surface area contributed by atoms with Crippen LogP contribution in [0.3, 0.4) is 0 Å². The average molecular weight is 344 g/mol. The summed E-state index contributed by atoms with van der Waals surface area (Å²) in [5.74, 6) is -2.97. The molecule has 1 aliphatic carbocycles. The van der Waals surface area contributed by atoms with Crippen molar-refractivity contribution in [2.75, 3.05) is 27.0 Å². The van der Waals surface area contributed by atoms with Gasteiger partial charge in [0.2, 0.25) is 6.79 Å². The maximum atomic E-state index is 12.1. The predicted octanol–water partition coefficient (Wildman–Crippen LogP) is 1.53. The number of rotatable bonds is 10. The minimum absolute atomic E-state index is 0.0363. The van der Waals surface area contributed by atoms with Gasteiger partial charge in [-0.2, -0.15) is 0 Å². The summed E-state index contributed by atoms with van der Waals surface area (Å²) in [5.41, 5.74) is 0. The number of esters is 3. The van der Waals surface area contributed by atoms with E-state index in [1.165, 1.54) is 0 Å². The summed E-state index contributed by atoms with van der Waals surface area (Å²) in [4.78, 5) is 35.1. The second kappa shape index (κ2) is 11.6. The second-order valence-corrected chi connectivity index (χ2v) is 5.14. The normalized spacial score (nSPS) is 20.0. The molecule has 0 radical (unpaired) electrons. The van der Waals surface area contributed by atoms with E-state index in [1.54, 1.807) is 0 Å². The van der Waals surface area contributed by atoms with E-state index in [1.807, 2.05) is 6.92 Å². The number of carbonyl (C=O) groups excluding carboxylic acids is 3. The van der Waals surface area contributed by atoms with Crippen LogP contribution in [-0.2, 0) is 38.1 Å². The van der Waals surface area contributed by atoms with E-state index < -0.39 is 36.5 Å². The van der Waals surface area contributed by atoms with Crippen molar-refractivity contribution in [3.05, 3.63) is 12.7 Å². The van der Waals surface area contributed by atoms with E-state index in [0.717, 1.165) is 18.9 Å². The van der Waals surface area contributed by atoms with Gasteiger partial charge < -0.3 is 23.7 Å². The van der Waals surface area contributed by atoms with Crippen molar-refractivity contribution < 1.29 is 38.1 Å². The van der Waals surface area contributed by atoms with Crippen molar-refractivity contribution in [3.8, 4) is 0 Å². The minimum Gasteiger partial charge on any atom is -0.438 e. The largest absolute Gasteiger partial charge is 0.438 e. The monoisotopic (exact) mass is 344 g/mol. The van der Waals surface area contributed by atoms with Crippen LogP contribution in [0.4, 0.5) is 0 Å². The fourth-order valence-electron chi connectivity index (χ4n) is 2.39. The topological polar surface area (TPSA) is 97.4 Å². The zero-order chi connectivity index (χ0) is 17.8. The van der Waals surface area contributed by atoms with Gasteiger partial charge in [0.15, 0.2) is 13.6 Å². The molecule has 0 saturated heterocycles. The van der Waals surface area contributed by atoms with Crippen LogP contribution in [0.25, 0.3) is 0 Å².